The molecule has 0 bridgehead atoms. The van der Waals surface area contributed by atoms with E-state index in [1.54, 1.807) is 11.8 Å². The summed E-state index contributed by atoms with van der Waals surface area (Å²) in [5.41, 5.74) is 1.27. The van der Waals surface area contributed by atoms with Gasteiger partial charge < -0.3 is 15.1 Å². The van der Waals surface area contributed by atoms with Gasteiger partial charge in [0.1, 0.15) is 0 Å². The molecule has 130 valence electrons. The average Bonchev–Trinajstić information content (AvgIpc) is 2.57. The van der Waals surface area contributed by atoms with Crippen molar-refractivity contribution in [2.75, 3.05) is 32.7 Å². The van der Waals surface area contributed by atoms with Crippen LogP contribution < -0.4 is 5.32 Å². The first-order valence-corrected chi connectivity index (χ1v) is 8.97. The molecular weight excluding hydrogens is 302 g/mol. The number of carbonyl (C=O) groups is 2. The summed E-state index contributed by atoms with van der Waals surface area (Å²) in [6, 6.07) is 10.7. The maximum absolute atomic E-state index is 12.5. The van der Waals surface area contributed by atoms with Crippen LogP contribution in [0.5, 0.6) is 0 Å². The molecule has 24 heavy (non-hydrogen) atoms. The lowest BCUT2D eigenvalue weighted by Gasteiger charge is -2.37. The molecule has 1 aromatic rings. The van der Waals surface area contributed by atoms with E-state index in [4.69, 9.17) is 0 Å². The maximum atomic E-state index is 12.5. The van der Waals surface area contributed by atoms with E-state index in [-0.39, 0.29) is 17.9 Å². The van der Waals surface area contributed by atoms with Gasteiger partial charge in [-0.3, -0.25) is 9.59 Å². The molecular formula is C19H27N3O2. The van der Waals surface area contributed by atoms with Crippen molar-refractivity contribution >= 4 is 11.8 Å². The van der Waals surface area contributed by atoms with Crippen molar-refractivity contribution in [1.29, 1.82) is 0 Å². The first-order chi connectivity index (χ1) is 11.6. The molecule has 2 amide bonds. The lowest BCUT2D eigenvalue weighted by Crippen LogP contribution is -2.52. The van der Waals surface area contributed by atoms with Crippen LogP contribution >= 0.6 is 0 Å². The molecule has 0 aromatic heterocycles. The Morgan fingerprint density at radius 2 is 1.71 bits per heavy atom. The third-order valence-electron chi connectivity index (χ3n) is 5.33. The summed E-state index contributed by atoms with van der Waals surface area (Å²) in [5, 5.41) is 3.50. The lowest BCUT2D eigenvalue weighted by atomic mass is 9.77. The standard InChI is InChI=1S/C19H27N3O2/c1-15(23)21-10-12-22(13-11-21)18(24)14-20-19(17-8-5-9-17)16-6-3-2-4-7-16/h2-4,6-7,17,19-20H,5,8-14H2,1H3/t19-/m0/s1. The summed E-state index contributed by atoms with van der Waals surface area (Å²) < 4.78 is 0. The van der Waals surface area contributed by atoms with Gasteiger partial charge >= 0.3 is 0 Å². The fourth-order valence-electron chi connectivity index (χ4n) is 3.57. The molecule has 0 radical (unpaired) electrons. The minimum atomic E-state index is 0.0920. The van der Waals surface area contributed by atoms with Gasteiger partial charge in [0.15, 0.2) is 0 Å². The molecule has 0 unspecified atom stereocenters. The Labute approximate surface area is 144 Å². The van der Waals surface area contributed by atoms with Gasteiger partial charge in [-0.2, -0.15) is 0 Å². The zero-order chi connectivity index (χ0) is 16.9. The first-order valence-electron chi connectivity index (χ1n) is 8.97. The van der Waals surface area contributed by atoms with Crippen molar-refractivity contribution in [3.8, 4) is 0 Å². The summed E-state index contributed by atoms with van der Waals surface area (Å²) in [5.74, 6) is 0.863. The van der Waals surface area contributed by atoms with Crippen LogP contribution in [0.3, 0.4) is 0 Å². The number of amides is 2. The Morgan fingerprint density at radius 3 is 2.25 bits per heavy atom. The Morgan fingerprint density at radius 1 is 1.08 bits per heavy atom. The second kappa shape index (κ2) is 7.79. The highest BCUT2D eigenvalue weighted by Gasteiger charge is 2.29. The Bertz CT molecular complexity index is 563. The molecule has 3 rings (SSSR count). The summed E-state index contributed by atoms with van der Waals surface area (Å²) >= 11 is 0. The van der Waals surface area contributed by atoms with E-state index in [1.165, 1.54) is 24.8 Å². The van der Waals surface area contributed by atoms with Gasteiger partial charge in [0.2, 0.25) is 11.8 Å². The third-order valence-corrected chi connectivity index (χ3v) is 5.33. The number of piperazine rings is 1. The lowest BCUT2D eigenvalue weighted by molar-refractivity contribution is -0.138. The Hall–Kier alpha value is -1.88. The highest BCUT2D eigenvalue weighted by molar-refractivity contribution is 5.79. The van der Waals surface area contributed by atoms with Gasteiger partial charge in [0, 0.05) is 39.1 Å². The van der Waals surface area contributed by atoms with E-state index in [9.17, 15) is 9.59 Å². The van der Waals surface area contributed by atoms with E-state index in [1.807, 2.05) is 11.0 Å². The minimum absolute atomic E-state index is 0.0920. The zero-order valence-corrected chi connectivity index (χ0v) is 14.4. The van der Waals surface area contributed by atoms with E-state index in [2.05, 4.69) is 29.6 Å². The van der Waals surface area contributed by atoms with Gasteiger partial charge in [-0.15, -0.1) is 0 Å². The number of benzene rings is 1. The van der Waals surface area contributed by atoms with Crippen molar-refractivity contribution in [2.24, 2.45) is 5.92 Å². The molecule has 1 aliphatic carbocycles. The molecule has 1 atom stereocenters. The predicted octanol–water partition coefficient (Wildman–Crippen LogP) is 1.81. The van der Waals surface area contributed by atoms with Gasteiger partial charge in [-0.05, 0) is 24.3 Å². The Balaban J connectivity index is 1.53. The van der Waals surface area contributed by atoms with Crippen molar-refractivity contribution in [3.63, 3.8) is 0 Å². The van der Waals surface area contributed by atoms with Crippen LogP contribution in [-0.2, 0) is 9.59 Å². The van der Waals surface area contributed by atoms with Gasteiger partial charge in [-0.25, -0.2) is 0 Å². The molecule has 1 heterocycles. The molecule has 1 saturated carbocycles. The van der Waals surface area contributed by atoms with E-state index < -0.39 is 0 Å². The average molecular weight is 329 g/mol. The fraction of sp³-hybridized carbons (Fsp3) is 0.579. The molecule has 0 spiro atoms. The van der Waals surface area contributed by atoms with Crippen LogP contribution in [0, 0.1) is 5.92 Å². The van der Waals surface area contributed by atoms with Crippen LogP contribution in [0.2, 0.25) is 0 Å². The van der Waals surface area contributed by atoms with Gasteiger partial charge in [0.05, 0.1) is 6.54 Å². The van der Waals surface area contributed by atoms with Gasteiger partial charge in [-0.1, -0.05) is 36.8 Å². The number of carbonyl (C=O) groups excluding carboxylic acids is 2. The summed E-state index contributed by atoms with van der Waals surface area (Å²) in [6.07, 6.45) is 3.76. The number of rotatable bonds is 5. The van der Waals surface area contributed by atoms with Crippen LogP contribution in [0.25, 0.3) is 0 Å². The zero-order valence-electron chi connectivity index (χ0n) is 14.4. The van der Waals surface area contributed by atoms with Crippen LogP contribution in [0.4, 0.5) is 0 Å². The van der Waals surface area contributed by atoms with Crippen LogP contribution in [-0.4, -0.2) is 54.3 Å². The predicted molar refractivity (Wildman–Crippen MR) is 93.4 cm³/mol. The Kier molecular flexibility index (Phi) is 5.51. The van der Waals surface area contributed by atoms with Crippen LogP contribution in [0.15, 0.2) is 30.3 Å². The van der Waals surface area contributed by atoms with E-state index >= 15 is 0 Å². The largest absolute Gasteiger partial charge is 0.339 e. The third kappa shape index (κ3) is 3.96. The maximum Gasteiger partial charge on any atom is 0.236 e. The molecule has 2 fully saturated rings. The molecule has 1 aromatic carbocycles. The normalized spacial score (nSPS) is 19.7. The monoisotopic (exact) mass is 329 g/mol. The van der Waals surface area contributed by atoms with Gasteiger partial charge in [0.25, 0.3) is 0 Å². The summed E-state index contributed by atoms with van der Waals surface area (Å²) in [6.45, 7) is 4.52. The minimum Gasteiger partial charge on any atom is -0.339 e. The van der Waals surface area contributed by atoms with Crippen LogP contribution in [0.1, 0.15) is 37.8 Å². The first kappa shape index (κ1) is 17.0. The number of nitrogens with one attached hydrogen (secondary N) is 1. The molecule has 1 aliphatic heterocycles. The van der Waals surface area contributed by atoms with E-state index in [0.29, 0.717) is 38.6 Å². The summed E-state index contributed by atoms with van der Waals surface area (Å²) in [4.78, 5) is 27.5. The smallest absolute Gasteiger partial charge is 0.236 e. The van der Waals surface area contributed by atoms with Crippen molar-refractivity contribution in [2.45, 2.75) is 32.2 Å². The van der Waals surface area contributed by atoms with Crippen molar-refractivity contribution in [3.05, 3.63) is 35.9 Å². The fourth-order valence-corrected chi connectivity index (χ4v) is 3.57. The van der Waals surface area contributed by atoms with Crippen molar-refractivity contribution in [1.82, 2.24) is 15.1 Å². The SMILES string of the molecule is CC(=O)N1CCN(C(=O)CN[C@@H](c2ccccc2)C2CCC2)CC1. The number of hydrogen-bond donors (Lipinski definition) is 1. The molecule has 5 heteroatoms. The molecule has 1 N–H and O–H groups in total. The molecule has 2 aliphatic rings. The number of nitrogens with zero attached hydrogens (tertiary/aromatic N) is 2. The highest BCUT2D eigenvalue weighted by Crippen LogP contribution is 2.37. The second-order valence-corrected chi connectivity index (χ2v) is 6.85. The van der Waals surface area contributed by atoms with Crippen molar-refractivity contribution < 1.29 is 9.59 Å². The molecule has 5 nitrogen and oxygen atoms in total. The quantitative estimate of drug-likeness (QED) is 0.896. The summed E-state index contributed by atoms with van der Waals surface area (Å²) in [7, 11) is 0. The highest BCUT2D eigenvalue weighted by atomic mass is 16.2. The topological polar surface area (TPSA) is 52.7 Å². The molecule has 1 saturated heterocycles. The number of hydrogen-bond acceptors (Lipinski definition) is 3. The second-order valence-electron chi connectivity index (χ2n) is 6.85. The van der Waals surface area contributed by atoms with E-state index in [0.717, 1.165) is 0 Å².